The molecule has 9 heteroatoms. The van der Waals surface area contributed by atoms with Gasteiger partial charge in [0.05, 0.1) is 28.6 Å². The molecular formula is C31H24BrN5O2S. The molecular weight excluding hydrogens is 586 g/mol. The van der Waals surface area contributed by atoms with E-state index in [9.17, 15) is 9.59 Å². The van der Waals surface area contributed by atoms with Crippen LogP contribution in [-0.4, -0.2) is 32.0 Å². The molecule has 6 aromatic rings. The number of aromatic nitrogens is 3. The van der Waals surface area contributed by atoms with Gasteiger partial charge in [0.2, 0.25) is 0 Å². The van der Waals surface area contributed by atoms with Gasteiger partial charge in [0.25, 0.3) is 11.5 Å². The number of halogens is 1. The van der Waals surface area contributed by atoms with E-state index in [0.29, 0.717) is 21.7 Å². The van der Waals surface area contributed by atoms with Crippen molar-refractivity contribution in [3.63, 3.8) is 0 Å². The quantitative estimate of drug-likeness (QED) is 0.0967. The number of carbonyl (C=O) groups is 1. The van der Waals surface area contributed by atoms with E-state index in [4.69, 9.17) is 4.98 Å². The number of benzene rings is 4. The van der Waals surface area contributed by atoms with E-state index >= 15 is 0 Å². The Balaban J connectivity index is 1.21. The smallest absolute Gasteiger partial charge is 0.266 e. The highest BCUT2D eigenvalue weighted by atomic mass is 79.9. The lowest BCUT2D eigenvalue weighted by Gasteiger charge is -2.13. The zero-order valence-electron chi connectivity index (χ0n) is 21.5. The minimum absolute atomic E-state index is 0.0433. The number of aryl methyl sites for hydroxylation is 1. The van der Waals surface area contributed by atoms with Crippen molar-refractivity contribution in [1.29, 1.82) is 0 Å². The minimum atomic E-state index is -0.297. The number of amides is 1. The topological polar surface area (TPSA) is 81.3 Å². The molecule has 0 saturated carbocycles. The lowest BCUT2D eigenvalue weighted by atomic mass is 10.1. The van der Waals surface area contributed by atoms with Crippen molar-refractivity contribution < 1.29 is 4.79 Å². The number of hydrazone groups is 1. The molecule has 6 rings (SSSR count). The fraction of sp³-hybridized carbons (Fsp3) is 0.0968. The highest BCUT2D eigenvalue weighted by molar-refractivity contribution is 9.10. The first-order chi connectivity index (χ1) is 19.5. The Morgan fingerprint density at radius 2 is 1.68 bits per heavy atom. The number of hydrogen-bond acceptors (Lipinski definition) is 5. The van der Waals surface area contributed by atoms with E-state index in [2.05, 4.69) is 68.3 Å². The van der Waals surface area contributed by atoms with Crippen LogP contribution in [0, 0.1) is 0 Å². The summed E-state index contributed by atoms with van der Waals surface area (Å²) in [6.45, 7) is 3.02. The SMILES string of the molecule is CCn1c2ccccc2c2cc(C=NNC(=O)CSc3nc4ccccc4c(=O)n3-c3ccc(Br)cc3)ccc21. The molecule has 1 N–H and O–H groups in total. The highest BCUT2D eigenvalue weighted by Crippen LogP contribution is 2.29. The summed E-state index contributed by atoms with van der Waals surface area (Å²) < 4.78 is 4.73. The van der Waals surface area contributed by atoms with Gasteiger partial charge in [-0.25, -0.2) is 10.4 Å². The summed E-state index contributed by atoms with van der Waals surface area (Å²) in [5.41, 5.74) is 6.93. The Kier molecular flexibility index (Phi) is 7.23. The average molecular weight is 611 g/mol. The number of para-hydroxylation sites is 2. The van der Waals surface area contributed by atoms with Gasteiger partial charge < -0.3 is 4.57 Å². The number of rotatable bonds is 7. The zero-order valence-corrected chi connectivity index (χ0v) is 23.9. The molecule has 2 heterocycles. The average Bonchev–Trinajstić information content (AvgIpc) is 3.30. The molecule has 2 aromatic heterocycles. The molecule has 0 aliphatic heterocycles. The number of fused-ring (bicyclic) bond motifs is 4. The van der Waals surface area contributed by atoms with Crippen LogP contribution in [0.1, 0.15) is 12.5 Å². The van der Waals surface area contributed by atoms with Crippen LogP contribution in [0.3, 0.4) is 0 Å². The minimum Gasteiger partial charge on any atom is -0.341 e. The molecule has 7 nitrogen and oxygen atoms in total. The van der Waals surface area contributed by atoms with Gasteiger partial charge >= 0.3 is 0 Å². The molecule has 0 radical (unpaired) electrons. The van der Waals surface area contributed by atoms with Crippen LogP contribution in [0.4, 0.5) is 0 Å². The Hall–Kier alpha value is -4.21. The summed E-state index contributed by atoms with van der Waals surface area (Å²) >= 11 is 4.63. The second-order valence-corrected chi connectivity index (χ2v) is 11.0. The molecule has 0 fully saturated rings. The fourth-order valence-electron chi connectivity index (χ4n) is 4.86. The third-order valence-electron chi connectivity index (χ3n) is 6.68. The predicted molar refractivity (Wildman–Crippen MR) is 167 cm³/mol. The highest BCUT2D eigenvalue weighted by Gasteiger charge is 2.15. The number of hydrogen-bond donors (Lipinski definition) is 1. The standard InChI is InChI=1S/C31H24BrN5O2S/c1-2-36-27-10-6-4-7-23(27)25-17-20(11-16-28(25)36)18-33-35-29(38)19-40-31-34-26-9-5-3-8-24(26)30(39)37(31)22-14-12-21(32)13-15-22/h3-18H,2,19H2,1H3,(H,35,38). The summed E-state index contributed by atoms with van der Waals surface area (Å²) in [4.78, 5) is 30.8. The predicted octanol–water partition coefficient (Wildman–Crippen LogP) is 6.52. The number of thioether (sulfide) groups is 1. The summed E-state index contributed by atoms with van der Waals surface area (Å²) in [7, 11) is 0. The Bertz CT molecular complexity index is 1980. The third kappa shape index (κ3) is 4.94. The van der Waals surface area contributed by atoms with Crippen molar-refractivity contribution in [2.75, 3.05) is 5.75 Å². The molecule has 198 valence electrons. The van der Waals surface area contributed by atoms with E-state index < -0.39 is 0 Å². The van der Waals surface area contributed by atoms with Crippen molar-refractivity contribution in [3.8, 4) is 5.69 Å². The van der Waals surface area contributed by atoms with Crippen molar-refractivity contribution in [3.05, 3.63) is 111 Å². The maximum absolute atomic E-state index is 13.4. The van der Waals surface area contributed by atoms with Gasteiger partial charge in [0, 0.05) is 32.8 Å². The van der Waals surface area contributed by atoms with Crippen molar-refractivity contribution in [1.82, 2.24) is 19.5 Å². The van der Waals surface area contributed by atoms with E-state index in [0.717, 1.165) is 22.0 Å². The maximum atomic E-state index is 13.4. The molecule has 0 aliphatic rings. The maximum Gasteiger partial charge on any atom is 0.266 e. The normalized spacial score (nSPS) is 11.7. The number of nitrogens with one attached hydrogen (secondary N) is 1. The van der Waals surface area contributed by atoms with E-state index in [1.54, 1.807) is 18.3 Å². The van der Waals surface area contributed by atoms with E-state index in [1.165, 1.54) is 32.7 Å². The van der Waals surface area contributed by atoms with Crippen LogP contribution in [0.25, 0.3) is 38.4 Å². The molecule has 0 spiro atoms. The number of carbonyl (C=O) groups excluding carboxylic acids is 1. The molecule has 0 unspecified atom stereocenters. The largest absolute Gasteiger partial charge is 0.341 e. The van der Waals surface area contributed by atoms with Crippen molar-refractivity contribution in [2.24, 2.45) is 5.10 Å². The third-order valence-corrected chi connectivity index (χ3v) is 8.14. The molecule has 0 saturated heterocycles. The van der Waals surface area contributed by atoms with Gasteiger partial charge in [-0.3, -0.25) is 14.2 Å². The molecule has 0 aliphatic carbocycles. The van der Waals surface area contributed by atoms with Crippen molar-refractivity contribution >= 4 is 72.5 Å². The Labute approximate surface area is 242 Å². The second-order valence-electron chi connectivity index (χ2n) is 9.15. The van der Waals surface area contributed by atoms with Crippen molar-refractivity contribution in [2.45, 2.75) is 18.6 Å². The fourth-order valence-corrected chi connectivity index (χ4v) is 5.93. The molecule has 4 aromatic carbocycles. The lowest BCUT2D eigenvalue weighted by molar-refractivity contribution is -0.118. The summed E-state index contributed by atoms with van der Waals surface area (Å²) in [6.07, 6.45) is 1.64. The van der Waals surface area contributed by atoms with Crippen LogP contribution in [-0.2, 0) is 11.3 Å². The summed E-state index contributed by atoms with van der Waals surface area (Å²) in [5, 5.41) is 7.48. The van der Waals surface area contributed by atoms with Gasteiger partial charge in [0.1, 0.15) is 0 Å². The molecule has 1 amide bonds. The first-order valence-electron chi connectivity index (χ1n) is 12.8. The first-order valence-corrected chi connectivity index (χ1v) is 14.5. The molecule has 40 heavy (non-hydrogen) atoms. The van der Waals surface area contributed by atoms with Crippen LogP contribution in [0.5, 0.6) is 0 Å². The van der Waals surface area contributed by atoms with E-state index in [-0.39, 0.29) is 17.2 Å². The second kappa shape index (κ2) is 11.1. The monoisotopic (exact) mass is 609 g/mol. The van der Waals surface area contributed by atoms with Crippen LogP contribution >= 0.6 is 27.7 Å². The van der Waals surface area contributed by atoms with Gasteiger partial charge in [-0.2, -0.15) is 5.10 Å². The summed E-state index contributed by atoms with van der Waals surface area (Å²) in [6, 6.07) is 29.1. The Morgan fingerprint density at radius 3 is 2.48 bits per heavy atom. The van der Waals surface area contributed by atoms with Crippen LogP contribution < -0.4 is 11.0 Å². The summed E-state index contributed by atoms with van der Waals surface area (Å²) in [5.74, 6) is -0.253. The van der Waals surface area contributed by atoms with E-state index in [1.807, 2.05) is 48.5 Å². The van der Waals surface area contributed by atoms with Crippen LogP contribution in [0.15, 0.2) is 111 Å². The number of nitrogens with zero attached hydrogens (tertiary/aromatic N) is 4. The zero-order chi connectivity index (χ0) is 27.6. The van der Waals surface area contributed by atoms with Gasteiger partial charge in [-0.15, -0.1) is 0 Å². The molecule has 0 atom stereocenters. The Morgan fingerprint density at radius 1 is 0.950 bits per heavy atom. The van der Waals surface area contributed by atoms with Crippen LogP contribution in [0.2, 0.25) is 0 Å². The van der Waals surface area contributed by atoms with Gasteiger partial charge in [-0.1, -0.05) is 64.1 Å². The van der Waals surface area contributed by atoms with Gasteiger partial charge in [0.15, 0.2) is 5.16 Å². The first kappa shape index (κ1) is 26.0. The lowest BCUT2D eigenvalue weighted by Crippen LogP contribution is -2.24. The molecule has 0 bridgehead atoms. The van der Waals surface area contributed by atoms with Gasteiger partial charge in [-0.05, 0) is 67.1 Å².